The number of amides is 3. The van der Waals surface area contributed by atoms with Crippen LogP contribution in [-0.2, 0) is 19.7 Å². The Labute approximate surface area is 166 Å². The van der Waals surface area contributed by atoms with Gasteiger partial charge in [-0.05, 0) is 51.8 Å². The van der Waals surface area contributed by atoms with Crippen molar-refractivity contribution in [2.24, 2.45) is 0 Å². The average Bonchev–Trinajstić information content (AvgIpc) is 2.64. The predicted molar refractivity (Wildman–Crippen MR) is 106 cm³/mol. The zero-order valence-corrected chi connectivity index (χ0v) is 17.1. The van der Waals surface area contributed by atoms with Crippen molar-refractivity contribution >= 4 is 23.6 Å². The van der Waals surface area contributed by atoms with Gasteiger partial charge in [-0.1, -0.05) is 12.1 Å². The summed E-state index contributed by atoms with van der Waals surface area (Å²) < 4.78 is 5.44. The van der Waals surface area contributed by atoms with Crippen LogP contribution >= 0.6 is 0 Å². The molecule has 3 rings (SSSR count). The number of ether oxygens (including phenoxy) is 1. The lowest BCUT2D eigenvalue weighted by atomic mass is 9.75. The maximum Gasteiger partial charge on any atom is 0.410 e. The minimum Gasteiger partial charge on any atom is -0.444 e. The van der Waals surface area contributed by atoms with Crippen molar-refractivity contribution in [3.8, 4) is 0 Å². The van der Waals surface area contributed by atoms with Crippen LogP contribution in [0, 0.1) is 0 Å². The molecule has 152 valence electrons. The second-order valence-electron chi connectivity index (χ2n) is 8.71. The number of carbonyl (C=O) groups excluding carboxylic acids is 3. The molecule has 28 heavy (non-hydrogen) atoms. The first-order valence-electron chi connectivity index (χ1n) is 9.76. The van der Waals surface area contributed by atoms with Crippen LogP contribution in [-0.4, -0.2) is 54.6 Å². The number of imide groups is 1. The van der Waals surface area contributed by atoms with Gasteiger partial charge in [0.25, 0.3) is 0 Å². The number of piperidine rings is 1. The fraction of sp³-hybridized carbons (Fsp3) is 0.571. The van der Waals surface area contributed by atoms with Crippen LogP contribution in [0.15, 0.2) is 24.3 Å². The minimum absolute atomic E-state index is 0.207. The maximum absolute atomic E-state index is 12.3. The normalized spacial score (nSPS) is 23.4. The molecule has 1 N–H and O–H groups in total. The molecule has 7 nitrogen and oxygen atoms in total. The van der Waals surface area contributed by atoms with Crippen molar-refractivity contribution in [1.29, 1.82) is 0 Å². The van der Waals surface area contributed by atoms with Gasteiger partial charge >= 0.3 is 6.09 Å². The third-order valence-electron chi connectivity index (χ3n) is 5.41. The topological polar surface area (TPSA) is 79.0 Å². The van der Waals surface area contributed by atoms with Gasteiger partial charge < -0.3 is 14.5 Å². The molecule has 3 amide bonds. The number of nitrogens with zero attached hydrogens (tertiary/aromatic N) is 2. The summed E-state index contributed by atoms with van der Waals surface area (Å²) in [4.78, 5) is 39.9. The van der Waals surface area contributed by atoms with E-state index in [1.165, 1.54) is 0 Å². The number of benzene rings is 1. The van der Waals surface area contributed by atoms with E-state index < -0.39 is 11.0 Å². The van der Waals surface area contributed by atoms with E-state index in [0.717, 1.165) is 24.3 Å². The van der Waals surface area contributed by atoms with E-state index >= 15 is 0 Å². The highest BCUT2D eigenvalue weighted by Crippen LogP contribution is 2.33. The number of anilines is 1. The Morgan fingerprint density at radius 3 is 2.21 bits per heavy atom. The second-order valence-corrected chi connectivity index (χ2v) is 8.71. The zero-order valence-electron chi connectivity index (χ0n) is 17.1. The highest BCUT2D eigenvalue weighted by molar-refractivity contribution is 6.03. The third-order valence-corrected chi connectivity index (χ3v) is 5.41. The van der Waals surface area contributed by atoms with Crippen molar-refractivity contribution in [2.45, 2.75) is 51.6 Å². The molecule has 1 aromatic carbocycles. The summed E-state index contributed by atoms with van der Waals surface area (Å²) >= 11 is 0. The summed E-state index contributed by atoms with van der Waals surface area (Å²) in [6, 6.07) is 7.94. The summed E-state index contributed by atoms with van der Waals surface area (Å²) in [7, 11) is 0. The van der Waals surface area contributed by atoms with Crippen LogP contribution in [0.3, 0.4) is 0 Å². The largest absolute Gasteiger partial charge is 0.444 e. The Balaban J connectivity index is 1.62. The molecule has 2 fully saturated rings. The van der Waals surface area contributed by atoms with Crippen molar-refractivity contribution in [3.05, 3.63) is 29.8 Å². The van der Waals surface area contributed by atoms with Gasteiger partial charge in [0.15, 0.2) is 0 Å². The van der Waals surface area contributed by atoms with Crippen molar-refractivity contribution < 1.29 is 19.1 Å². The molecule has 1 aromatic rings. The van der Waals surface area contributed by atoms with Crippen LogP contribution in [0.1, 0.15) is 46.1 Å². The van der Waals surface area contributed by atoms with Crippen LogP contribution in [0.25, 0.3) is 0 Å². The highest BCUT2D eigenvalue weighted by atomic mass is 16.6. The standard InChI is InChI=1S/C21H29N3O4/c1-20(2,3)28-19(27)24-13-11-23(12-14-24)16-7-5-15(6-8-16)21(4)10-9-17(25)22-18(21)26/h5-8H,9-14H2,1-4H3,(H,22,25,26)/t21-/m0/s1. The van der Waals surface area contributed by atoms with Crippen LogP contribution in [0.2, 0.25) is 0 Å². The molecular formula is C21H29N3O4. The van der Waals surface area contributed by atoms with Gasteiger partial charge in [0.05, 0.1) is 5.41 Å². The molecule has 2 aliphatic rings. The number of carbonyl (C=O) groups is 3. The van der Waals surface area contributed by atoms with E-state index in [0.29, 0.717) is 25.9 Å². The number of nitrogens with one attached hydrogen (secondary N) is 1. The molecular weight excluding hydrogens is 358 g/mol. The molecule has 2 aliphatic heterocycles. The van der Waals surface area contributed by atoms with Gasteiger partial charge in [0, 0.05) is 38.3 Å². The van der Waals surface area contributed by atoms with Crippen molar-refractivity contribution in [2.75, 3.05) is 31.1 Å². The van der Waals surface area contributed by atoms with E-state index in [1.807, 2.05) is 52.0 Å². The summed E-state index contributed by atoms with van der Waals surface area (Å²) in [5.41, 5.74) is 0.801. The Morgan fingerprint density at radius 2 is 1.68 bits per heavy atom. The average molecular weight is 387 g/mol. The van der Waals surface area contributed by atoms with E-state index in [9.17, 15) is 14.4 Å². The van der Waals surface area contributed by atoms with Crippen molar-refractivity contribution in [3.63, 3.8) is 0 Å². The molecule has 7 heteroatoms. The lowest BCUT2D eigenvalue weighted by Crippen LogP contribution is -2.50. The Bertz CT molecular complexity index is 761. The van der Waals surface area contributed by atoms with E-state index in [2.05, 4.69) is 10.2 Å². The van der Waals surface area contributed by atoms with Gasteiger partial charge in [-0.15, -0.1) is 0 Å². The monoisotopic (exact) mass is 387 g/mol. The number of hydrogen-bond acceptors (Lipinski definition) is 5. The molecule has 0 spiro atoms. The molecule has 0 aromatic heterocycles. The molecule has 0 saturated carbocycles. The molecule has 2 heterocycles. The van der Waals surface area contributed by atoms with E-state index in [1.54, 1.807) is 4.90 Å². The van der Waals surface area contributed by atoms with Gasteiger partial charge in [-0.25, -0.2) is 4.79 Å². The minimum atomic E-state index is -0.679. The first-order valence-corrected chi connectivity index (χ1v) is 9.76. The summed E-state index contributed by atoms with van der Waals surface area (Å²) in [6.45, 7) is 10.2. The lowest BCUT2D eigenvalue weighted by Gasteiger charge is -2.37. The molecule has 0 bridgehead atoms. The Kier molecular flexibility index (Phi) is 5.37. The SMILES string of the molecule is CC(C)(C)OC(=O)N1CCN(c2ccc([C@]3(C)CCC(=O)NC3=O)cc2)CC1. The van der Waals surface area contributed by atoms with Gasteiger partial charge in [0.1, 0.15) is 5.60 Å². The fourth-order valence-corrected chi connectivity index (χ4v) is 3.59. The maximum atomic E-state index is 12.3. The number of piperazine rings is 1. The number of rotatable bonds is 2. The molecule has 1 atom stereocenters. The Morgan fingerprint density at radius 1 is 1.07 bits per heavy atom. The summed E-state index contributed by atoms with van der Waals surface area (Å²) in [6.07, 6.45) is 0.607. The van der Waals surface area contributed by atoms with Gasteiger partial charge in [-0.3, -0.25) is 14.9 Å². The third kappa shape index (κ3) is 4.29. The zero-order chi connectivity index (χ0) is 20.5. The second kappa shape index (κ2) is 7.45. The summed E-state index contributed by atoms with van der Waals surface area (Å²) in [5, 5.41) is 2.44. The number of hydrogen-bond donors (Lipinski definition) is 1. The highest BCUT2D eigenvalue weighted by Gasteiger charge is 2.39. The molecule has 0 aliphatic carbocycles. The van der Waals surface area contributed by atoms with Crippen LogP contribution < -0.4 is 10.2 Å². The van der Waals surface area contributed by atoms with Gasteiger partial charge in [0.2, 0.25) is 11.8 Å². The van der Waals surface area contributed by atoms with Gasteiger partial charge in [-0.2, -0.15) is 0 Å². The van der Waals surface area contributed by atoms with E-state index in [4.69, 9.17) is 4.74 Å². The van der Waals surface area contributed by atoms with Crippen molar-refractivity contribution in [1.82, 2.24) is 10.2 Å². The first kappa shape index (κ1) is 20.2. The Hall–Kier alpha value is -2.57. The molecule has 0 radical (unpaired) electrons. The lowest BCUT2D eigenvalue weighted by molar-refractivity contribution is -0.137. The smallest absolute Gasteiger partial charge is 0.410 e. The molecule has 0 unspecified atom stereocenters. The first-order chi connectivity index (χ1) is 13.1. The fourth-order valence-electron chi connectivity index (χ4n) is 3.59. The summed E-state index contributed by atoms with van der Waals surface area (Å²) in [5.74, 6) is -0.440. The van der Waals surface area contributed by atoms with Crippen LogP contribution in [0.5, 0.6) is 0 Å². The molecule has 2 saturated heterocycles. The predicted octanol–water partition coefficient (Wildman–Crippen LogP) is 2.44. The van der Waals surface area contributed by atoms with Crippen LogP contribution in [0.4, 0.5) is 10.5 Å². The van der Waals surface area contributed by atoms with E-state index in [-0.39, 0.29) is 17.9 Å². The quantitative estimate of drug-likeness (QED) is 0.789.